The van der Waals surface area contributed by atoms with Crippen LogP contribution in [0.3, 0.4) is 0 Å². The number of benzene rings is 1. The van der Waals surface area contributed by atoms with Crippen molar-refractivity contribution in [3.8, 4) is 11.6 Å². The van der Waals surface area contributed by atoms with E-state index in [1.54, 1.807) is 30.1 Å². The first-order chi connectivity index (χ1) is 9.24. The molecule has 0 fully saturated rings. The van der Waals surface area contributed by atoms with Crippen LogP contribution in [0.4, 0.5) is 0 Å². The van der Waals surface area contributed by atoms with Crippen molar-refractivity contribution in [3.05, 3.63) is 48.2 Å². The zero-order valence-electron chi connectivity index (χ0n) is 10.3. The first kappa shape index (κ1) is 13.2. The summed E-state index contributed by atoms with van der Waals surface area (Å²) >= 11 is 1.59. The van der Waals surface area contributed by atoms with Crippen LogP contribution in [0.15, 0.2) is 52.6 Å². The number of aromatic nitrogens is 1. The summed E-state index contributed by atoms with van der Waals surface area (Å²) in [5.41, 5.74) is 6.08. The number of hydrogen-bond acceptors (Lipinski definition) is 5. The number of ether oxygens (including phenoxy) is 1. The Morgan fingerprint density at radius 3 is 2.89 bits per heavy atom. The zero-order chi connectivity index (χ0) is 13.7. The summed E-state index contributed by atoms with van der Waals surface area (Å²) in [4.78, 5) is 5.12. The molecular formula is C13H13N3O2S. The Kier molecular flexibility index (Phi) is 4.25. The van der Waals surface area contributed by atoms with Gasteiger partial charge in [-0.15, -0.1) is 11.8 Å². The van der Waals surface area contributed by atoms with Gasteiger partial charge in [0, 0.05) is 22.7 Å². The fourth-order valence-electron chi connectivity index (χ4n) is 1.50. The van der Waals surface area contributed by atoms with Crippen molar-refractivity contribution in [3.63, 3.8) is 0 Å². The topological polar surface area (TPSA) is 80.7 Å². The summed E-state index contributed by atoms with van der Waals surface area (Å²) in [6, 6.07) is 10.9. The van der Waals surface area contributed by atoms with Gasteiger partial charge in [0.1, 0.15) is 5.75 Å². The Labute approximate surface area is 115 Å². The smallest absolute Gasteiger partial charge is 0.219 e. The molecule has 0 atom stereocenters. The van der Waals surface area contributed by atoms with Crippen LogP contribution in [0, 0.1) is 0 Å². The predicted octanol–water partition coefficient (Wildman–Crippen LogP) is 2.69. The lowest BCUT2D eigenvalue weighted by atomic mass is 10.2. The number of para-hydroxylation sites is 1. The van der Waals surface area contributed by atoms with Gasteiger partial charge in [0.15, 0.2) is 5.84 Å². The third-order valence-electron chi connectivity index (χ3n) is 2.42. The Morgan fingerprint density at radius 1 is 1.37 bits per heavy atom. The summed E-state index contributed by atoms with van der Waals surface area (Å²) in [5, 5.41) is 11.6. The maximum absolute atomic E-state index is 8.65. The highest BCUT2D eigenvalue weighted by atomic mass is 32.2. The molecule has 0 amide bonds. The van der Waals surface area contributed by atoms with Crippen molar-refractivity contribution in [2.75, 3.05) is 6.26 Å². The highest BCUT2D eigenvalue weighted by molar-refractivity contribution is 7.98. The molecule has 0 spiro atoms. The van der Waals surface area contributed by atoms with Gasteiger partial charge in [-0.1, -0.05) is 17.3 Å². The number of nitrogens with zero attached hydrogens (tertiary/aromatic N) is 2. The average Bonchev–Trinajstić information content (AvgIpc) is 2.47. The van der Waals surface area contributed by atoms with Gasteiger partial charge >= 0.3 is 0 Å². The van der Waals surface area contributed by atoms with Gasteiger partial charge in [0.05, 0.1) is 0 Å². The van der Waals surface area contributed by atoms with Gasteiger partial charge in [-0.05, 0) is 24.5 Å². The molecule has 0 unspecified atom stereocenters. The highest BCUT2D eigenvalue weighted by Gasteiger charge is 2.06. The number of oxime groups is 1. The minimum atomic E-state index is 0.0189. The van der Waals surface area contributed by atoms with Crippen LogP contribution in [0.25, 0.3) is 0 Å². The highest BCUT2D eigenvalue weighted by Crippen LogP contribution is 2.30. The van der Waals surface area contributed by atoms with E-state index in [-0.39, 0.29) is 5.84 Å². The van der Waals surface area contributed by atoms with Gasteiger partial charge in [0.2, 0.25) is 5.88 Å². The van der Waals surface area contributed by atoms with Crippen molar-refractivity contribution in [2.24, 2.45) is 10.9 Å². The monoisotopic (exact) mass is 275 g/mol. The minimum Gasteiger partial charge on any atom is -0.438 e. The molecule has 0 aliphatic rings. The molecule has 0 aliphatic carbocycles. The molecular weight excluding hydrogens is 262 g/mol. The van der Waals surface area contributed by atoms with E-state index in [0.29, 0.717) is 11.4 Å². The quantitative estimate of drug-likeness (QED) is 0.295. The molecule has 1 aromatic heterocycles. The number of hydrogen-bond donors (Lipinski definition) is 2. The van der Waals surface area contributed by atoms with Crippen molar-refractivity contribution >= 4 is 17.6 Å². The second kappa shape index (κ2) is 6.10. The van der Waals surface area contributed by atoms with Crippen LogP contribution < -0.4 is 10.5 Å². The average molecular weight is 275 g/mol. The first-order valence-corrected chi connectivity index (χ1v) is 6.72. The normalized spacial score (nSPS) is 11.3. The summed E-state index contributed by atoms with van der Waals surface area (Å²) in [7, 11) is 0. The second-order valence-electron chi connectivity index (χ2n) is 3.62. The van der Waals surface area contributed by atoms with Crippen molar-refractivity contribution < 1.29 is 9.94 Å². The Morgan fingerprint density at radius 2 is 2.16 bits per heavy atom. The molecule has 0 bridgehead atoms. The Balaban J connectivity index is 2.28. The Bertz CT molecular complexity index is 602. The van der Waals surface area contributed by atoms with Crippen LogP contribution >= 0.6 is 11.8 Å². The molecule has 0 saturated heterocycles. The molecule has 5 nitrogen and oxygen atoms in total. The minimum absolute atomic E-state index is 0.0189. The maximum Gasteiger partial charge on any atom is 0.219 e. The molecule has 98 valence electrons. The van der Waals surface area contributed by atoms with Gasteiger partial charge in [0.25, 0.3) is 0 Å². The van der Waals surface area contributed by atoms with E-state index < -0.39 is 0 Å². The van der Waals surface area contributed by atoms with Crippen LogP contribution in [0.5, 0.6) is 11.6 Å². The molecule has 2 aromatic rings. The lowest BCUT2D eigenvalue weighted by Crippen LogP contribution is -2.13. The number of nitrogens with two attached hydrogens (primary N) is 1. The standard InChI is InChI=1S/C13H13N3O2S/c1-19-11-5-3-2-4-10(11)18-12-8-9(6-7-15-12)13(14)16-17/h2-8,17H,1H3,(H2,14,16). The second-order valence-corrected chi connectivity index (χ2v) is 4.47. The summed E-state index contributed by atoms with van der Waals surface area (Å²) < 4.78 is 5.71. The van der Waals surface area contributed by atoms with Crippen molar-refractivity contribution in [2.45, 2.75) is 4.90 Å². The van der Waals surface area contributed by atoms with Gasteiger partial charge in [-0.2, -0.15) is 0 Å². The van der Waals surface area contributed by atoms with Gasteiger partial charge in [-0.25, -0.2) is 4.98 Å². The number of thioether (sulfide) groups is 1. The van der Waals surface area contributed by atoms with Crippen LogP contribution in [0.2, 0.25) is 0 Å². The summed E-state index contributed by atoms with van der Waals surface area (Å²) in [6.07, 6.45) is 3.52. The fourth-order valence-corrected chi connectivity index (χ4v) is 2.02. The van der Waals surface area contributed by atoms with E-state index in [1.165, 1.54) is 0 Å². The predicted molar refractivity (Wildman–Crippen MR) is 75.0 cm³/mol. The molecule has 0 saturated carbocycles. The van der Waals surface area contributed by atoms with Crippen LogP contribution in [-0.4, -0.2) is 22.3 Å². The maximum atomic E-state index is 8.65. The van der Waals surface area contributed by atoms with E-state index in [9.17, 15) is 0 Å². The van der Waals surface area contributed by atoms with E-state index in [0.717, 1.165) is 10.6 Å². The summed E-state index contributed by atoms with van der Waals surface area (Å²) in [5.74, 6) is 1.13. The Hall–Kier alpha value is -2.21. The third-order valence-corrected chi connectivity index (χ3v) is 3.20. The SMILES string of the molecule is CSc1ccccc1Oc1cc(C(N)=NO)ccn1. The van der Waals surface area contributed by atoms with Crippen molar-refractivity contribution in [1.82, 2.24) is 4.98 Å². The van der Waals surface area contributed by atoms with E-state index >= 15 is 0 Å². The molecule has 0 radical (unpaired) electrons. The number of amidine groups is 1. The largest absolute Gasteiger partial charge is 0.438 e. The molecule has 19 heavy (non-hydrogen) atoms. The molecule has 3 N–H and O–H groups in total. The molecule has 1 aromatic carbocycles. The van der Waals surface area contributed by atoms with E-state index in [2.05, 4.69) is 10.1 Å². The zero-order valence-corrected chi connectivity index (χ0v) is 11.1. The van der Waals surface area contributed by atoms with Gasteiger partial charge < -0.3 is 15.7 Å². The molecule has 2 rings (SSSR count). The van der Waals surface area contributed by atoms with Crippen LogP contribution in [-0.2, 0) is 0 Å². The van der Waals surface area contributed by atoms with E-state index in [4.69, 9.17) is 15.7 Å². The first-order valence-electron chi connectivity index (χ1n) is 5.49. The fraction of sp³-hybridized carbons (Fsp3) is 0.0769. The van der Waals surface area contributed by atoms with E-state index in [1.807, 2.05) is 30.5 Å². The molecule has 0 aliphatic heterocycles. The lowest BCUT2D eigenvalue weighted by Gasteiger charge is -2.09. The lowest BCUT2D eigenvalue weighted by molar-refractivity contribution is 0.318. The molecule has 1 heterocycles. The number of pyridine rings is 1. The number of rotatable bonds is 4. The van der Waals surface area contributed by atoms with Crippen molar-refractivity contribution in [1.29, 1.82) is 0 Å². The third kappa shape index (κ3) is 3.17. The summed E-state index contributed by atoms with van der Waals surface area (Å²) in [6.45, 7) is 0. The van der Waals surface area contributed by atoms with Crippen LogP contribution in [0.1, 0.15) is 5.56 Å². The van der Waals surface area contributed by atoms with Gasteiger partial charge in [-0.3, -0.25) is 0 Å². The molecule has 6 heteroatoms.